The highest BCUT2D eigenvalue weighted by Gasteiger charge is 2.62. The molecule has 234 valence electrons. The van der Waals surface area contributed by atoms with Gasteiger partial charge in [-0.05, 0) is 55.5 Å². The Morgan fingerprint density at radius 3 is 2.56 bits per heavy atom. The molecule has 11 nitrogen and oxygen atoms in total. The van der Waals surface area contributed by atoms with E-state index < -0.39 is 78.2 Å². The number of nitrogens with zero attached hydrogens (tertiary/aromatic N) is 1. The standard InChI is InChI=1S/C26H28ClF3N3O8PS/c1-13(2)39-23(36)14(3)32-42(43,41-17-9-8-15-6-4-5-7-16(15)10-17)38-12-26(24(29)30)20(28)19(34)22(40-26)33-11-18(27)21(35)31-25(33)37/h4-11,13-14,19-20,22,24,34H,12H2,1-3H3,(H,32,43)(H,31,35,37)/t14-,19+,20+,22+,26+,42?/m0/s1. The number of esters is 1. The van der Waals surface area contributed by atoms with E-state index in [1.807, 2.05) is 17.1 Å². The molecule has 17 heteroatoms. The fourth-order valence-corrected chi connectivity index (χ4v) is 6.84. The Labute approximate surface area is 253 Å². The van der Waals surface area contributed by atoms with Crippen molar-refractivity contribution in [2.45, 2.75) is 63.4 Å². The van der Waals surface area contributed by atoms with E-state index in [9.17, 15) is 28.3 Å². The number of hydrogen-bond acceptors (Lipinski definition) is 9. The fourth-order valence-electron chi connectivity index (χ4n) is 4.28. The van der Waals surface area contributed by atoms with Crippen molar-refractivity contribution in [3.05, 3.63) is 74.5 Å². The third-order valence-electron chi connectivity index (χ3n) is 6.43. The van der Waals surface area contributed by atoms with Gasteiger partial charge in [0.15, 0.2) is 18.0 Å². The van der Waals surface area contributed by atoms with Gasteiger partial charge in [-0.25, -0.2) is 23.1 Å². The molecule has 2 heterocycles. The summed E-state index contributed by atoms with van der Waals surface area (Å²) in [6.07, 6.45) is -10.5. The molecule has 6 atom stereocenters. The second-order valence-electron chi connectivity index (χ2n) is 10.0. The van der Waals surface area contributed by atoms with Gasteiger partial charge in [0.05, 0.1) is 12.7 Å². The lowest BCUT2D eigenvalue weighted by Crippen LogP contribution is -2.51. The first-order valence-electron chi connectivity index (χ1n) is 12.9. The Bertz CT molecular complexity index is 1660. The van der Waals surface area contributed by atoms with Crippen LogP contribution in [0.2, 0.25) is 5.02 Å². The zero-order valence-corrected chi connectivity index (χ0v) is 25.4. The highest BCUT2D eigenvalue weighted by Crippen LogP contribution is 2.50. The van der Waals surface area contributed by atoms with Crippen molar-refractivity contribution >= 4 is 46.8 Å². The third-order valence-corrected chi connectivity index (χ3v) is 9.18. The van der Waals surface area contributed by atoms with Gasteiger partial charge in [-0.1, -0.05) is 41.9 Å². The number of rotatable bonds is 11. The minimum absolute atomic E-state index is 0.154. The maximum atomic E-state index is 15.5. The van der Waals surface area contributed by atoms with Gasteiger partial charge in [0.1, 0.15) is 22.9 Å². The average molecular weight is 666 g/mol. The largest absolute Gasteiger partial charge is 0.462 e. The SMILES string of the molecule is CC(C)OC(=O)[C@H](C)NP(=S)(OC[C@@]1(C(F)F)O[C@@H](n2cc(Cl)c(=O)[nH]c2=O)[C@H](O)[C@H]1F)Oc1ccc2ccccc2c1. The van der Waals surface area contributed by atoms with E-state index in [2.05, 4.69) is 5.09 Å². The molecule has 0 amide bonds. The highest BCUT2D eigenvalue weighted by molar-refractivity contribution is 8.09. The first-order valence-corrected chi connectivity index (χ1v) is 15.9. The Morgan fingerprint density at radius 1 is 1.23 bits per heavy atom. The number of benzene rings is 2. The summed E-state index contributed by atoms with van der Waals surface area (Å²) in [7, 11) is 0. The Kier molecular flexibility index (Phi) is 10.1. The number of hydrogen-bond donors (Lipinski definition) is 3. The predicted octanol–water partition coefficient (Wildman–Crippen LogP) is 3.82. The van der Waals surface area contributed by atoms with E-state index in [0.717, 1.165) is 17.0 Å². The number of aromatic nitrogens is 2. The van der Waals surface area contributed by atoms with Crippen LogP contribution in [0.4, 0.5) is 13.2 Å². The summed E-state index contributed by atoms with van der Waals surface area (Å²) in [5.41, 5.74) is -5.34. The molecule has 3 aromatic rings. The molecule has 1 aliphatic heterocycles. The number of H-pyrrole nitrogens is 1. The van der Waals surface area contributed by atoms with Gasteiger partial charge < -0.3 is 23.6 Å². The second kappa shape index (κ2) is 13.1. The molecule has 3 N–H and O–H groups in total. The molecule has 0 radical (unpaired) electrons. The van der Waals surface area contributed by atoms with Crippen LogP contribution in [-0.4, -0.2) is 63.7 Å². The van der Waals surface area contributed by atoms with E-state index in [0.29, 0.717) is 4.57 Å². The van der Waals surface area contributed by atoms with Gasteiger partial charge in [0.25, 0.3) is 12.0 Å². The topological polar surface area (TPSA) is 141 Å². The molecule has 0 aliphatic carbocycles. The maximum Gasteiger partial charge on any atom is 0.330 e. The lowest BCUT2D eigenvalue weighted by atomic mass is 9.98. The van der Waals surface area contributed by atoms with E-state index >= 15 is 4.39 Å². The van der Waals surface area contributed by atoms with Crippen molar-refractivity contribution in [2.75, 3.05) is 6.61 Å². The Balaban J connectivity index is 1.66. The monoisotopic (exact) mass is 665 g/mol. The Morgan fingerprint density at radius 2 is 1.91 bits per heavy atom. The van der Waals surface area contributed by atoms with Crippen LogP contribution in [0.15, 0.2) is 58.3 Å². The van der Waals surface area contributed by atoms with E-state index in [1.54, 1.807) is 44.2 Å². The molecule has 4 rings (SSSR count). The molecule has 0 spiro atoms. The smallest absolute Gasteiger partial charge is 0.330 e. The van der Waals surface area contributed by atoms with Gasteiger partial charge in [0, 0.05) is 6.20 Å². The molecule has 0 saturated carbocycles. The normalized spacial score (nSPS) is 24.3. The lowest BCUT2D eigenvalue weighted by Gasteiger charge is -2.33. The third kappa shape index (κ3) is 7.14. The fraction of sp³-hybridized carbons (Fsp3) is 0.423. The number of ether oxygens (including phenoxy) is 2. The van der Waals surface area contributed by atoms with Crippen molar-refractivity contribution in [3.63, 3.8) is 0 Å². The molecule has 43 heavy (non-hydrogen) atoms. The van der Waals surface area contributed by atoms with Crippen molar-refractivity contribution in [1.29, 1.82) is 0 Å². The number of alkyl halides is 3. The number of nitrogens with one attached hydrogen (secondary N) is 2. The highest BCUT2D eigenvalue weighted by atomic mass is 35.5. The van der Waals surface area contributed by atoms with Gasteiger partial charge in [0.2, 0.25) is 0 Å². The van der Waals surface area contributed by atoms with Crippen LogP contribution in [0.1, 0.15) is 27.0 Å². The molecule has 2 aromatic carbocycles. The van der Waals surface area contributed by atoms with Gasteiger partial charge in [-0.2, -0.15) is 0 Å². The van der Waals surface area contributed by atoms with E-state index in [1.165, 1.54) is 6.92 Å². The molecule has 1 aromatic heterocycles. The van der Waals surface area contributed by atoms with Crippen molar-refractivity contribution in [1.82, 2.24) is 14.6 Å². The van der Waals surface area contributed by atoms with E-state index in [-0.39, 0.29) is 5.75 Å². The molecular weight excluding hydrogens is 638 g/mol. The predicted molar refractivity (Wildman–Crippen MR) is 155 cm³/mol. The molecule has 0 bridgehead atoms. The van der Waals surface area contributed by atoms with Crippen LogP contribution >= 0.6 is 18.2 Å². The average Bonchev–Trinajstić information content (AvgIpc) is 3.19. The van der Waals surface area contributed by atoms with Crippen LogP contribution < -0.4 is 20.9 Å². The Hall–Kier alpha value is -2.78. The number of aliphatic hydroxyl groups is 1. The van der Waals surface area contributed by atoms with Gasteiger partial charge in [-0.3, -0.25) is 19.1 Å². The van der Waals surface area contributed by atoms with Crippen molar-refractivity contribution in [2.24, 2.45) is 0 Å². The molecule has 1 unspecified atom stereocenters. The zero-order valence-electron chi connectivity index (χ0n) is 22.9. The first kappa shape index (κ1) is 33.1. The zero-order chi connectivity index (χ0) is 31.7. The summed E-state index contributed by atoms with van der Waals surface area (Å²) in [5, 5.41) is 14.3. The summed E-state index contributed by atoms with van der Waals surface area (Å²) in [4.78, 5) is 38.3. The number of fused-ring (bicyclic) bond motifs is 1. The number of aromatic amines is 1. The summed E-state index contributed by atoms with van der Waals surface area (Å²) < 4.78 is 67.2. The molecule has 1 aliphatic rings. The summed E-state index contributed by atoms with van der Waals surface area (Å²) >= 11 is 11.3. The quantitative estimate of drug-likeness (QED) is 0.205. The summed E-state index contributed by atoms with van der Waals surface area (Å²) in [6, 6.07) is 11.0. The van der Waals surface area contributed by atoms with E-state index in [4.69, 9.17) is 41.9 Å². The minimum Gasteiger partial charge on any atom is -0.462 e. The van der Waals surface area contributed by atoms with Crippen LogP contribution in [0.5, 0.6) is 5.75 Å². The maximum absolute atomic E-state index is 15.5. The molecule has 1 fully saturated rings. The molecule has 1 saturated heterocycles. The number of carbonyl (C=O) groups excluding carboxylic acids is 1. The summed E-state index contributed by atoms with van der Waals surface area (Å²) in [6.45, 7) is -0.638. The van der Waals surface area contributed by atoms with Gasteiger partial charge >= 0.3 is 18.3 Å². The number of carbonyl (C=O) groups is 1. The lowest BCUT2D eigenvalue weighted by molar-refractivity contribution is -0.182. The van der Waals surface area contributed by atoms with Crippen LogP contribution in [0.3, 0.4) is 0 Å². The van der Waals surface area contributed by atoms with Crippen molar-refractivity contribution in [3.8, 4) is 5.75 Å². The molecular formula is C26H28ClF3N3O8PS. The van der Waals surface area contributed by atoms with Crippen LogP contribution in [0.25, 0.3) is 10.8 Å². The summed E-state index contributed by atoms with van der Waals surface area (Å²) in [5.74, 6) is -0.592. The number of aliphatic hydroxyl groups excluding tert-OH is 1. The van der Waals surface area contributed by atoms with Crippen LogP contribution in [0, 0.1) is 0 Å². The van der Waals surface area contributed by atoms with Crippen molar-refractivity contribution < 1.29 is 41.6 Å². The number of halogens is 4. The second-order valence-corrected chi connectivity index (χ2v) is 13.6. The first-order chi connectivity index (χ1) is 20.2. The van der Waals surface area contributed by atoms with Gasteiger partial charge in [-0.15, -0.1) is 0 Å². The van der Waals surface area contributed by atoms with Crippen LogP contribution in [-0.2, 0) is 30.6 Å². The minimum atomic E-state index is -3.99.